The number of aryl methyl sites for hydroxylation is 3. The van der Waals surface area contributed by atoms with Crippen LogP contribution in [0.4, 0.5) is 0 Å². The van der Waals surface area contributed by atoms with E-state index in [2.05, 4.69) is 31.2 Å². The lowest BCUT2D eigenvalue weighted by atomic mass is 9.89. The topological polar surface area (TPSA) is 20.2 Å². The number of aliphatic hydroxyl groups is 1. The predicted molar refractivity (Wildman–Crippen MR) is 76.2 cm³/mol. The smallest absolute Gasteiger partial charge is 0.113 e. The molecule has 0 saturated carbocycles. The lowest BCUT2D eigenvalue weighted by Crippen LogP contribution is -2.05. The van der Waals surface area contributed by atoms with Gasteiger partial charge in [0.15, 0.2) is 0 Å². The summed E-state index contributed by atoms with van der Waals surface area (Å²) in [6, 6.07) is 10.6. The summed E-state index contributed by atoms with van der Waals surface area (Å²) in [6.07, 6.45) is 4.49. The van der Waals surface area contributed by atoms with Gasteiger partial charge >= 0.3 is 0 Å². The maximum atomic E-state index is 10.4. The zero-order valence-electron chi connectivity index (χ0n) is 10.6. The van der Waals surface area contributed by atoms with E-state index in [0.717, 1.165) is 10.4 Å². The molecule has 0 saturated heterocycles. The van der Waals surface area contributed by atoms with Gasteiger partial charge in [-0.2, -0.15) is 0 Å². The molecule has 1 unspecified atom stereocenters. The van der Waals surface area contributed by atoms with Crippen LogP contribution in [-0.2, 0) is 12.8 Å². The quantitative estimate of drug-likeness (QED) is 0.862. The van der Waals surface area contributed by atoms with Crippen molar-refractivity contribution >= 4 is 11.3 Å². The van der Waals surface area contributed by atoms with Gasteiger partial charge in [0.25, 0.3) is 0 Å². The molecule has 1 N–H and O–H groups in total. The molecule has 2 aromatic rings. The summed E-state index contributed by atoms with van der Waals surface area (Å²) in [5, 5.41) is 10.4. The first kappa shape index (κ1) is 11.9. The second-order valence-electron chi connectivity index (χ2n) is 5.09. The largest absolute Gasteiger partial charge is 0.383 e. The lowest BCUT2D eigenvalue weighted by molar-refractivity contribution is 0.224. The summed E-state index contributed by atoms with van der Waals surface area (Å²) < 4.78 is 0. The van der Waals surface area contributed by atoms with Crippen LogP contribution < -0.4 is 0 Å². The monoisotopic (exact) mass is 258 g/mol. The van der Waals surface area contributed by atoms with Gasteiger partial charge < -0.3 is 5.11 Å². The minimum Gasteiger partial charge on any atom is -0.383 e. The van der Waals surface area contributed by atoms with E-state index < -0.39 is 6.10 Å². The molecule has 0 amide bonds. The van der Waals surface area contributed by atoms with Gasteiger partial charge in [-0.15, -0.1) is 11.3 Å². The van der Waals surface area contributed by atoms with Gasteiger partial charge in [-0.3, -0.25) is 0 Å². The third-order valence-electron chi connectivity index (χ3n) is 3.72. The first-order valence-electron chi connectivity index (χ1n) is 6.60. The van der Waals surface area contributed by atoms with E-state index in [1.807, 2.05) is 6.07 Å². The van der Waals surface area contributed by atoms with Gasteiger partial charge in [0, 0.05) is 9.75 Å². The Bertz CT molecular complexity index is 556. The van der Waals surface area contributed by atoms with Gasteiger partial charge in [0.1, 0.15) is 6.10 Å². The molecule has 1 aromatic carbocycles. The number of hydrogen-bond acceptors (Lipinski definition) is 2. The third kappa shape index (κ3) is 2.23. The molecule has 2 heteroatoms. The number of thiophene rings is 1. The molecule has 0 spiro atoms. The van der Waals surface area contributed by atoms with Crippen LogP contribution in [0.3, 0.4) is 0 Å². The van der Waals surface area contributed by atoms with Crippen LogP contribution in [0.1, 0.15) is 45.4 Å². The van der Waals surface area contributed by atoms with Crippen LogP contribution in [0.25, 0.3) is 0 Å². The van der Waals surface area contributed by atoms with Crippen molar-refractivity contribution in [2.45, 2.75) is 38.7 Å². The zero-order chi connectivity index (χ0) is 12.5. The van der Waals surface area contributed by atoms with Gasteiger partial charge in [0.2, 0.25) is 0 Å². The van der Waals surface area contributed by atoms with Crippen LogP contribution in [-0.4, -0.2) is 5.11 Å². The van der Waals surface area contributed by atoms with Crippen molar-refractivity contribution in [3.8, 4) is 0 Å². The van der Waals surface area contributed by atoms with E-state index in [-0.39, 0.29) is 0 Å². The van der Waals surface area contributed by atoms with E-state index in [4.69, 9.17) is 0 Å². The molecule has 1 nitrogen and oxygen atoms in total. The number of aliphatic hydroxyl groups excluding tert-OH is 1. The SMILES string of the molecule is Cc1ccc(C(O)c2ccc3c(c2)CCCC3)s1. The van der Waals surface area contributed by atoms with Crippen molar-refractivity contribution in [1.82, 2.24) is 0 Å². The summed E-state index contributed by atoms with van der Waals surface area (Å²) in [7, 11) is 0. The molecule has 3 rings (SSSR count). The number of benzene rings is 1. The highest BCUT2D eigenvalue weighted by atomic mass is 32.1. The summed E-state index contributed by atoms with van der Waals surface area (Å²) in [5.74, 6) is 0. The molecule has 0 fully saturated rings. The van der Waals surface area contributed by atoms with Crippen molar-refractivity contribution in [3.63, 3.8) is 0 Å². The molecular formula is C16H18OS. The average molecular weight is 258 g/mol. The first-order valence-corrected chi connectivity index (χ1v) is 7.42. The lowest BCUT2D eigenvalue weighted by Gasteiger charge is -2.18. The Hall–Kier alpha value is -1.12. The van der Waals surface area contributed by atoms with Crippen LogP contribution in [0.2, 0.25) is 0 Å². The molecular weight excluding hydrogens is 240 g/mol. The fraction of sp³-hybridized carbons (Fsp3) is 0.375. The van der Waals surface area contributed by atoms with Crippen LogP contribution in [0.15, 0.2) is 30.3 Å². The van der Waals surface area contributed by atoms with Gasteiger partial charge in [0.05, 0.1) is 0 Å². The van der Waals surface area contributed by atoms with Gasteiger partial charge in [-0.05, 0) is 61.4 Å². The van der Waals surface area contributed by atoms with Crippen LogP contribution in [0, 0.1) is 6.92 Å². The Kier molecular flexibility index (Phi) is 3.23. The second kappa shape index (κ2) is 4.87. The minimum atomic E-state index is -0.462. The summed E-state index contributed by atoms with van der Waals surface area (Å²) in [4.78, 5) is 2.30. The van der Waals surface area contributed by atoms with Gasteiger partial charge in [-0.1, -0.05) is 18.2 Å². The van der Waals surface area contributed by atoms with Crippen LogP contribution in [0.5, 0.6) is 0 Å². The number of fused-ring (bicyclic) bond motifs is 1. The summed E-state index contributed by atoms with van der Waals surface area (Å²) in [5.41, 5.74) is 3.95. The molecule has 0 bridgehead atoms. The standard InChI is InChI=1S/C16H18OS/c1-11-6-9-15(18-11)16(17)14-8-7-12-4-2-3-5-13(12)10-14/h6-10,16-17H,2-5H2,1H3. The van der Waals surface area contributed by atoms with E-state index in [1.54, 1.807) is 11.3 Å². The highest BCUT2D eigenvalue weighted by Crippen LogP contribution is 2.31. The van der Waals surface area contributed by atoms with E-state index in [0.29, 0.717) is 0 Å². The molecule has 1 atom stereocenters. The summed E-state index contributed by atoms with van der Waals surface area (Å²) in [6.45, 7) is 2.08. The Balaban J connectivity index is 1.92. The van der Waals surface area contributed by atoms with Crippen LogP contribution >= 0.6 is 11.3 Å². The second-order valence-corrected chi connectivity index (χ2v) is 6.41. The maximum Gasteiger partial charge on any atom is 0.113 e. The maximum absolute atomic E-state index is 10.4. The van der Waals surface area contributed by atoms with Crippen molar-refractivity contribution in [3.05, 3.63) is 56.8 Å². The van der Waals surface area contributed by atoms with E-state index >= 15 is 0 Å². The van der Waals surface area contributed by atoms with Crippen molar-refractivity contribution < 1.29 is 5.11 Å². The Labute approximate surface area is 112 Å². The van der Waals surface area contributed by atoms with E-state index in [9.17, 15) is 5.11 Å². The Morgan fingerprint density at radius 3 is 2.56 bits per heavy atom. The van der Waals surface area contributed by atoms with Crippen molar-refractivity contribution in [2.75, 3.05) is 0 Å². The minimum absolute atomic E-state index is 0.462. The van der Waals surface area contributed by atoms with Crippen molar-refractivity contribution in [1.29, 1.82) is 0 Å². The highest BCUT2D eigenvalue weighted by molar-refractivity contribution is 7.12. The summed E-state index contributed by atoms with van der Waals surface area (Å²) >= 11 is 1.68. The highest BCUT2D eigenvalue weighted by Gasteiger charge is 2.15. The molecule has 1 aromatic heterocycles. The fourth-order valence-corrected chi connectivity index (χ4v) is 3.58. The Morgan fingerprint density at radius 1 is 1.06 bits per heavy atom. The fourth-order valence-electron chi connectivity index (χ4n) is 2.69. The number of rotatable bonds is 2. The molecule has 1 aliphatic carbocycles. The third-order valence-corrected chi connectivity index (χ3v) is 4.77. The molecule has 0 aliphatic heterocycles. The van der Waals surface area contributed by atoms with E-state index in [1.165, 1.54) is 41.7 Å². The average Bonchev–Trinajstić information content (AvgIpc) is 2.84. The van der Waals surface area contributed by atoms with Gasteiger partial charge in [-0.25, -0.2) is 0 Å². The molecule has 94 valence electrons. The number of hydrogen-bond donors (Lipinski definition) is 1. The predicted octanol–water partition coefficient (Wildman–Crippen LogP) is 4.02. The zero-order valence-corrected chi connectivity index (χ0v) is 11.5. The molecule has 0 radical (unpaired) electrons. The van der Waals surface area contributed by atoms with Crippen molar-refractivity contribution in [2.24, 2.45) is 0 Å². The first-order chi connectivity index (χ1) is 8.74. The molecule has 1 aliphatic rings. The normalized spacial score (nSPS) is 16.3. The molecule has 18 heavy (non-hydrogen) atoms. The Morgan fingerprint density at radius 2 is 1.83 bits per heavy atom. The molecule has 1 heterocycles.